The number of rotatable bonds is 16. The first-order valence-electron chi connectivity index (χ1n) is 26.0. The smallest absolute Gasteiger partial charge is 0.408 e. The first-order valence-corrected chi connectivity index (χ1v) is 26.0. The molecule has 78 heavy (non-hydrogen) atoms. The fraction of sp³-hybridized carbons (Fsp3) is 0.345. The number of cyclic esters (lactones) is 1. The largest absolute Gasteiger partial charge is 0.465 e. The van der Waals surface area contributed by atoms with Gasteiger partial charge in [-0.1, -0.05) is 81.4 Å². The van der Waals surface area contributed by atoms with Crippen molar-refractivity contribution >= 4 is 52.6 Å². The highest BCUT2D eigenvalue weighted by Gasteiger charge is 2.46. The number of amides is 6. The minimum absolute atomic E-state index is 0.0153. The Labute approximate surface area is 447 Å². The van der Waals surface area contributed by atoms with Gasteiger partial charge in [0.15, 0.2) is 5.60 Å². The van der Waals surface area contributed by atoms with E-state index in [2.05, 4.69) is 21.3 Å². The number of halogens is 1. The second-order valence-corrected chi connectivity index (χ2v) is 20.7. The van der Waals surface area contributed by atoms with Gasteiger partial charge in [0.25, 0.3) is 5.56 Å². The number of primary amides is 1. The van der Waals surface area contributed by atoms with E-state index in [9.17, 15) is 43.8 Å². The number of aliphatic hydroxyl groups is 1. The molecule has 19 nitrogen and oxygen atoms in total. The average Bonchev–Trinajstić information content (AvgIpc) is 3.81. The zero-order valence-corrected chi connectivity index (χ0v) is 43.4. The number of fused-ring (bicyclic) bond motifs is 8. The van der Waals surface area contributed by atoms with E-state index in [0.717, 1.165) is 32.7 Å². The lowest BCUT2D eigenvalue weighted by molar-refractivity contribution is -0.172. The Balaban J connectivity index is 0.828. The summed E-state index contributed by atoms with van der Waals surface area (Å²) in [5, 5.41) is 33.9. The predicted molar refractivity (Wildman–Crippen MR) is 285 cm³/mol. The molecule has 2 aliphatic heterocycles. The molecular formula is C58H59FN8O11. The molecular weight excluding hydrogens is 1000 g/mol. The van der Waals surface area contributed by atoms with Crippen molar-refractivity contribution in [3.63, 3.8) is 0 Å². The van der Waals surface area contributed by atoms with E-state index in [0.29, 0.717) is 63.1 Å². The van der Waals surface area contributed by atoms with E-state index in [4.69, 9.17) is 20.2 Å². The highest BCUT2D eigenvalue weighted by molar-refractivity contribution is 5.98. The van der Waals surface area contributed by atoms with E-state index in [1.165, 1.54) is 10.6 Å². The van der Waals surface area contributed by atoms with Gasteiger partial charge in [-0.25, -0.2) is 28.6 Å². The van der Waals surface area contributed by atoms with Crippen molar-refractivity contribution in [1.29, 1.82) is 0 Å². The summed E-state index contributed by atoms with van der Waals surface area (Å²) in [6.45, 7) is 6.46. The lowest BCUT2D eigenvalue weighted by atomic mass is 9.81. The van der Waals surface area contributed by atoms with Crippen LogP contribution in [0.15, 0.2) is 89.7 Å². The summed E-state index contributed by atoms with van der Waals surface area (Å²) in [5.74, 6) is -3.42. The number of urea groups is 1. The number of nitrogens with zero attached hydrogens (tertiary/aromatic N) is 3. The molecule has 4 atom stereocenters. The number of nitrogens with one attached hydrogen (secondary N) is 4. The topological polar surface area (TPSA) is 274 Å². The number of carbonyl (C=O) groups excluding carboxylic acids is 5. The molecule has 6 amide bonds. The van der Waals surface area contributed by atoms with Gasteiger partial charge in [0.2, 0.25) is 11.8 Å². The Kier molecular flexibility index (Phi) is 14.2. The second kappa shape index (κ2) is 21.1. The zero-order chi connectivity index (χ0) is 55.3. The number of aryl methyl sites for hydroxylation is 1. The highest BCUT2D eigenvalue weighted by atomic mass is 19.1. The van der Waals surface area contributed by atoms with E-state index < -0.39 is 77.0 Å². The van der Waals surface area contributed by atoms with Crippen molar-refractivity contribution in [3.05, 3.63) is 151 Å². The Morgan fingerprint density at radius 2 is 1.65 bits per heavy atom. The van der Waals surface area contributed by atoms with Gasteiger partial charge in [0.05, 0.1) is 35.1 Å². The summed E-state index contributed by atoms with van der Waals surface area (Å²) < 4.78 is 27.9. The average molecular weight is 1060 g/mol. The molecule has 0 saturated heterocycles. The van der Waals surface area contributed by atoms with Crippen molar-refractivity contribution in [2.45, 2.75) is 109 Å². The summed E-state index contributed by atoms with van der Waals surface area (Å²) in [5.41, 5.74) is 11.4. The van der Waals surface area contributed by atoms with Gasteiger partial charge in [0, 0.05) is 47.3 Å². The van der Waals surface area contributed by atoms with Gasteiger partial charge in [-0.2, -0.15) is 0 Å². The van der Waals surface area contributed by atoms with Gasteiger partial charge in [-0.05, 0) is 108 Å². The standard InChI is InChI=1S/C58H59FN8O11/c1-5-58(76)41-23-46-49-39(26-66(46)53(70)40(41)28-77-54(58)71)48-43(21-20-33-30(4)42(59)24-45(63-49)47(33)48)65-56(73)78-27-31-16-18-32(19-17-31)62-51(68)44(15-10-22-61-55(60)72)64-52(69)50(29(2)3)67(57(74)75)25-38-36-13-8-6-11-34(36)35-12-7-9-14-37(35)38/h6-9,11-14,16-19,23-24,29,38,43-44,50,76H,5,10,15,20-22,25-28H2,1-4H3,(H,62,68)(H,64,69)(H,65,73)(H,74,75)(H3,60,61,72)/t43-,44-,50-,58-/m0/s1. The van der Waals surface area contributed by atoms with Gasteiger partial charge in [-0.15, -0.1) is 0 Å². The first kappa shape index (κ1) is 52.8. The highest BCUT2D eigenvalue weighted by Crippen LogP contribution is 2.47. The molecule has 404 valence electrons. The predicted octanol–water partition coefficient (Wildman–Crippen LogP) is 7.13. The van der Waals surface area contributed by atoms with Crippen LogP contribution in [-0.4, -0.2) is 85.8 Å². The molecule has 0 bridgehead atoms. The Bertz CT molecular complexity index is 3480. The maximum atomic E-state index is 15.5. The number of hydrogen-bond acceptors (Lipinski definition) is 11. The molecule has 4 aromatic carbocycles. The molecule has 0 spiro atoms. The third-order valence-corrected chi connectivity index (χ3v) is 15.7. The third-order valence-electron chi connectivity index (χ3n) is 15.7. The van der Waals surface area contributed by atoms with Crippen LogP contribution in [0.3, 0.4) is 0 Å². The number of hydrogen-bond donors (Lipinski definition) is 7. The van der Waals surface area contributed by atoms with Crippen molar-refractivity contribution in [2.75, 3.05) is 18.4 Å². The van der Waals surface area contributed by atoms with Crippen LogP contribution in [0.2, 0.25) is 0 Å². The van der Waals surface area contributed by atoms with Crippen LogP contribution in [0, 0.1) is 18.7 Å². The quantitative estimate of drug-likeness (QED) is 0.0376. The van der Waals surface area contributed by atoms with Crippen molar-refractivity contribution in [3.8, 4) is 22.5 Å². The number of nitrogens with two attached hydrogens (primary N) is 1. The molecule has 6 aromatic rings. The molecule has 0 saturated carbocycles. The maximum absolute atomic E-state index is 15.5. The first-order chi connectivity index (χ1) is 37.4. The van der Waals surface area contributed by atoms with Crippen LogP contribution in [-0.2, 0) is 55.6 Å². The number of aromatic nitrogens is 2. The number of ether oxygens (including phenoxy) is 2. The molecule has 0 unspecified atom stereocenters. The number of carbonyl (C=O) groups is 6. The monoisotopic (exact) mass is 1060 g/mol. The Hall–Kier alpha value is -8.65. The van der Waals surface area contributed by atoms with Gasteiger partial charge < -0.3 is 51.3 Å². The van der Waals surface area contributed by atoms with Gasteiger partial charge >= 0.3 is 24.2 Å². The molecule has 0 fully saturated rings. The molecule has 10 rings (SSSR count). The number of carboxylic acid groups (broad SMARTS) is 1. The van der Waals surface area contributed by atoms with Crippen LogP contribution in [0.1, 0.15) is 108 Å². The number of anilines is 1. The van der Waals surface area contributed by atoms with E-state index in [-0.39, 0.29) is 69.2 Å². The molecule has 2 aliphatic carbocycles. The number of pyridine rings is 2. The van der Waals surface area contributed by atoms with E-state index in [1.54, 1.807) is 58.0 Å². The number of esters is 1. The minimum Gasteiger partial charge on any atom is -0.465 e. The molecule has 8 N–H and O–H groups in total. The minimum atomic E-state index is -2.05. The van der Waals surface area contributed by atoms with Crippen LogP contribution in [0.4, 0.5) is 24.5 Å². The Morgan fingerprint density at radius 3 is 2.31 bits per heavy atom. The summed E-state index contributed by atoms with van der Waals surface area (Å²) in [7, 11) is 0. The summed E-state index contributed by atoms with van der Waals surface area (Å²) >= 11 is 0. The zero-order valence-electron chi connectivity index (χ0n) is 43.4. The second-order valence-electron chi connectivity index (χ2n) is 20.7. The number of alkyl carbamates (subject to hydrolysis) is 1. The lowest BCUT2D eigenvalue weighted by Crippen LogP contribution is -2.56. The van der Waals surface area contributed by atoms with Gasteiger partial charge in [-0.3, -0.25) is 19.3 Å². The SMILES string of the molecule is CC[C@@]1(O)C(=O)OCc2c1cc1n(c2=O)Cc2c-1nc1cc(F)c(C)c3c1c2[C@@H](NC(=O)OCc1ccc(NC(=O)[C@H](CCCNC(N)=O)NC(=O)[C@H](C(C)C)N(CC2c4ccccc4-c4ccccc42)C(=O)O)cc1)CC3. The molecule has 4 heterocycles. The van der Waals surface area contributed by atoms with Crippen LogP contribution >= 0.6 is 0 Å². The third kappa shape index (κ3) is 9.53. The van der Waals surface area contributed by atoms with Crippen molar-refractivity contribution < 1.29 is 52.8 Å². The van der Waals surface area contributed by atoms with Crippen molar-refractivity contribution in [2.24, 2.45) is 11.7 Å². The normalized spacial score (nSPS) is 17.4. The van der Waals surface area contributed by atoms with E-state index in [1.807, 2.05) is 48.5 Å². The molecule has 0 radical (unpaired) electrons. The van der Waals surface area contributed by atoms with Crippen LogP contribution < -0.4 is 32.6 Å². The van der Waals surface area contributed by atoms with Gasteiger partial charge in [0.1, 0.15) is 31.1 Å². The van der Waals surface area contributed by atoms with Crippen LogP contribution in [0.5, 0.6) is 0 Å². The summed E-state index contributed by atoms with van der Waals surface area (Å²) in [6.07, 6.45) is -1.01. The van der Waals surface area contributed by atoms with Crippen molar-refractivity contribution in [1.82, 2.24) is 30.4 Å². The summed E-state index contributed by atoms with van der Waals surface area (Å²) in [6, 6.07) is 21.2. The Morgan fingerprint density at radius 1 is 0.962 bits per heavy atom. The lowest BCUT2D eigenvalue weighted by Gasteiger charge is -2.34. The van der Waals surface area contributed by atoms with Crippen LogP contribution in [0.25, 0.3) is 33.4 Å². The molecule has 4 aliphatic rings. The fourth-order valence-corrected chi connectivity index (χ4v) is 11.8. The summed E-state index contributed by atoms with van der Waals surface area (Å²) in [4.78, 5) is 99.5. The maximum Gasteiger partial charge on any atom is 0.408 e. The molecule has 20 heteroatoms. The number of benzene rings is 4. The van der Waals surface area contributed by atoms with E-state index >= 15 is 4.39 Å². The fourth-order valence-electron chi connectivity index (χ4n) is 11.8. The molecule has 2 aromatic heterocycles.